The minimum absolute atomic E-state index is 0.0424. The summed E-state index contributed by atoms with van der Waals surface area (Å²) in [6.45, 7) is 6.16. The van der Waals surface area contributed by atoms with Crippen molar-refractivity contribution < 1.29 is 14.3 Å². The van der Waals surface area contributed by atoms with Crippen molar-refractivity contribution in [2.24, 2.45) is 0 Å². The first-order valence-corrected chi connectivity index (χ1v) is 6.84. The summed E-state index contributed by atoms with van der Waals surface area (Å²) in [7, 11) is 0. The zero-order valence-electron chi connectivity index (χ0n) is 11.8. The number of hydrogen-bond acceptors (Lipinski definition) is 4. The standard InChI is InChI=1S/C15H23NO3/c1-3-9-16-10-11-18-15(17)12-19-14-7-5-13(4-2)6-8-14/h5-8,16H,3-4,9-12H2,1-2H3. The van der Waals surface area contributed by atoms with Gasteiger partial charge in [0.05, 0.1) is 0 Å². The third-order valence-electron chi connectivity index (χ3n) is 2.66. The summed E-state index contributed by atoms with van der Waals surface area (Å²) < 4.78 is 10.4. The summed E-state index contributed by atoms with van der Waals surface area (Å²) in [5.41, 5.74) is 1.25. The minimum Gasteiger partial charge on any atom is -0.482 e. The van der Waals surface area contributed by atoms with Crippen molar-refractivity contribution in [2.45, 2.75) is 26.7 Å². The molecule has 0 bridgehead atoms. The van der Waals surface area contributed by atoms with Crippen molar-refractivity contribution in [2.75, 3.05) is 26.3 Å². The molecule has 1 N–H and O–H groups in total. The van der Waals surface area contributed by atoms with E-state index in [2.05, 4.69) is 19.2 Å². The molecule has 0 saturated carbocycles. The molecule has 0 aromatic heterocycles. The number of aryl methyl sites for hydroxylation is 1. The van der Waals surface area contributed by atoms with Crippen LogP contribution in [0.2, 0.25) is 0 Å². The summed E-state index contributed by atoms with van der Waals surface area (Å²) in [6, 6.07) is 7.73. The molecule has 0 spiro atoms. The first kappa shape index (κ1) is 15.5. The molecule has 1 rings (SSSR count). The topological polar surface area (TPSA) is 47.6 Å². The van der Waals surface area contributed by atoms with Crippen LogP contribution in [0, 0.1) is 0 Å². The highest BCUT2D eigenvalue weighted by Crippen LogP contribution is 2.12. The Hall–Kier alpha value is -1.55. The maximum absolute atomic E-state index is 11.4. The average Bonchev–Trinajstić information content (AvgIpc) is 2.45. The molecule has 0 amide bonds. The van der Waals surface area contributed by atoms with Gasteiger partial charge in [0, 0.05) is 6.54 Å². The highest BCUT2D eigenvalue weighted by atomic mass is 16.6. The van der Waals surface area contributed by atoms with Gasteiger partial charge in [-0.25, -0.2) is 4.79 Å². The van der Waals surface area contributed by atoms with Crippen LogP contribution in [0.5, 0.6) is 5.75 Å². The number of hydrogen-bond donors (Lipinski definition) is 1. The molecule has 106 valence electrons. The van der Waals surface area contributed by atoms with Gasteiger partial charge in [-0.3, -0.25) is 0 Å². The van der Waals surface area contributed by atoms with Crippen LogP contribution >= 0.6 is 0 Å². The molecule has 0 aliphatic rings. The molecule has 0 unspecified atom stereocenters. The van der Waals surface area contributed by atoms with Crippen LogP contribution < -0.4 is 10.1 Å². The van der Waals surface area contributed by atoms with Gasteiger partial charge in [-0.05, 0) is 37.1 Å². The number of benzene rings is 1. The summed E-state index contributed by atoms with van der Waals surface area (Å²) >= 11 is 0. The Balaban J connectivity index is 2.15. The Morgan fingerprint density at radius 2 is 1.89 bits per heavy atom. The van der Waals surface area contributed by atoms with Gasteiger partial charge in [-0.1, -0.05) is 26.0 Å². The SMILES string of the molecule is CCCNCCOC(=O)COc1ccc(CC)cc1. The van der Waals surface area contributed by atoms with Gasteiger partial charge in [0.2, 0.25) is 0 Å². The molecule has 0 atom stereocenters. The molecule has 1 aromatic carbocycles. The number of ether oxygens (including phenoxy) is 2. The normalized spacial score (nSPS) is 10.2. The molecule has 4 nitrogen and oxygen atoms in total. The Morgan fingerprint density at radius 1 is 1.16 bits per heavy atom. The van der Waals surface area contributed by atoms with E-state index in [1.165, 1.54) is 5.56 Å². The van der Waals surface area contributed by atoms with Crippen molar-refractivity contribution in [1.29, 1.82) is 0 Å². The van der Waals surface area contributed by atoms with Crippen LogP contribution in [0.1, 0.15) is 25.8 Å². The fourth-order valence-electron chi connectivity index (χ4n) is 1.54. The number of carbonyl (C=O) groups excluding carboxylic acids is 1. The molecule has 0 fully saturated rings. The first-order valence-electron chi connectivity index (χ1n) is 6.84. The molecule has 0 radical (unpaired) electrons. The minimum atomic E-state index is -0.335. The average molecular weight is 265 g/mol. The van der Waals surface area contributed by atoms with E-state index in [4.69, 9.17) is 9.47 Å². The van der Waals surface area contributed by atoms with Gasteiger partial charge in [-0.2, -0.15) is 0 Å². The molecule has 0 saturated heterocycles. The number of nitrogens with one attached hydrogen (secondary N) is 1. The molecule has 0 heterocycles. The van der Waals surface area contributed by atoms with Crippen molar-refractivity contribution in [3.63, 3.8) is 0 Å². The van der Waals surface area contributed by atoms with E-state index in [1.54, 1.807) is 0 Å². The predicted octanol–water partition coefficient (Wildman–Crippen LogP) is 2.17. The second kappa shape index (κ2) is 9.39. The lowest BCUT2D eigenvalue weighted by Crippen LogP contribution is -2.24. The van der Waals surface area contributed by atoms with Crippen LogP contribution in [0.3, 0.4) is 0 Å². The molecule has 0 aliphatic heterocycles. The van der Waals surface area contributed by atoms with Crippen LogP contribution in [-0.2, 0) is 16.0 Å². The quantitative estimate of drug-likeness (QED) is 0.549. The molecule has 19 heavy (non-hydrogen) atoms. The van der Waals surface area contributed by atoms with Gasteiger partial charge < -0.3 is 14.8 Å². The zero-order valence-corrected chi connectivity index (χ0v) is 11.8. The maximum atomic E-state index is 11.4. The second-order valence-corrected chi connectivity index (χ2v) is 4.26. The second-order valence-electron chi connectivity index (χ2n) is 4.26. The van der Waals surface area contributed by atoms with E-state index in [1.807, 2.05) is 24.3 Å². The lowest BCUT2D eigenvalue weighted by molar-refractivity contribution is -0.145. The Bertz CT molecular complexity index is 362. The molecular weight excluding hydrogens is 242 g/mol. The Labute approximate surface area is 115 Å². The number of esters is 1. The van der Waals surface area contributed by atoms with E-state index >= 15 is 0 Å². The monoisotopic (exact) mass is 265 g/mol. The van der Waals surface area contributed by atoms with E-state index in [0.717, 1.165) is 19.4 Å². The Morgan fingerprint density at radius 3 is 2.53 bits per heavy atom. The molecule has 4 heteroatoms. The van der Waals surface area contributed by atoms with Gasteiger partial charge >= 0.3 is 5.97 Å². The lowest BCUT2D eigenvalue weighted by atomic mass is 10.2. The number of carbonyl (C=O) groups is 1. The van der Waals surface area contributed by atoms with E-state index in [9.17, 15) is 4.79 Å². The van der Waals surface area contributed by atoms with Gasteiger partial charge in [0.15, 0.2) is 6.61 Å². The van der Waals surface area contributed by atoms with Crippen molar-refractivity contribution >= 4 is 5.97 Å². The van der Waals surface area contributed by atoms with Crippen molar-refractivity contribution in [3.05, 3.63) is 29.8 Å². The van der Waals surface area contributed by atoms with Crippen LogP contribution in [-0.4, -0.2) is 32.3 Å². The van der Waals surface area contributed by atoms with Crippen LogP contribution in [0.15, 0.2) is 24.3 Å². The smallest absolute Gasteiger partial charge is 0.344 e. The summed E-state index contributed by atoms with van der Waals surface area (Å²) in [6.07, 6.45) is 2.07. The fraction of sp³-hybridized carbons (Fsp3) is 0.533. The molecular formula is C15H23NO3. The van der Waals surface area contributed by atoms with Crippen molar-refractivity contribution in [1.82, 2.24) is 5.32 Å². The maximum Gasteiger partial charge on any atom is 0.344 e. The third kappa shape index (κ3) is 6.82. The van der Waals surface area contributed by atoms with E-state index in [-0.39, 0.29) is 12.6 Å². The van der Waals surface area contributed by atoms with Crippen molar-refractivity contribution in [3.8, 4) is 5.75 Å². The third-order valence-corrected chi connectivity index (χ3v) is 2.66. The fourth-order valence-corrected chi connectivity index (χ4v) is 1.54. The number of rotatable bonds is 9. The van der Waals surface area contributed by atoms with Gasteiger partial charge in [-0.15, -0.1) is 0 Å². The van der Waals surface area contributed by atoms with E-state index < -0.39 is 0 Å². The van der Waals surface area contributed by atoms with Gasteiger partial charge in [0.25, 0.3) is 0 Å². The first-order chi connectivity index (χ1) is 9.26. The largest absolute Gasteiger partial charge is 0.482 e. The lowest BCUT2D eigenvalue weighted by Gasteiger charge is -2.08. The van der Waals surface area contributed by atoms with Crippen LogP contribution in [0.4, 0.5) is 0 Å². The van der Waals surface area contributed by atoms with E-state index in [0.29, 0.717) is 18.9 Å². The highest BCUT2D eigenvalue weighted by molar-refractivity contribution is 5.71. The zero-order chi connectivity index (χ0) is 13.9. The molecule has 1 aromatic rings. The van der Waals surface area contributed by atoms with Gasteiger partial charge in [0.1, 0.15) is 12.4 Å². The van der Waals surface area contributed by atoms with Crippen LogP contribution in [0.25, 0.3) is 0 Å². The predicted molar refractivity (Wildman–Crippen MR) is 75.4 cm³/mol. The summed E-state index contributed by atoms with van der Waals surface area (Å²) in [5.74, 6) is 0.358. The summed E-state index contributed by atoms with van der Waals surface area (Å²) in [4.78, 5) is 11.4. The summed E-state index contributed by atoms with van der Waals surface area (Å²) in [5, 5.41) is 3.16. The Kier molecular flexibility index (Phi) is 7.66. The highest BCUT2D eigenvalue weighted by Gasteiger charge is 2.03. The molecule has 0 aliphatic carbocycles.